The average molecular weight is 522 g/mol. The van der Waals surface area contributed by atoms with Crippen LogP contribution in [0.3, 0.4) is 0 Å². The van der Waals surface area contributed by atoms with E-state index in [-0.39, 0.29) is 24.0 Å². The summed E-state index contributed by atoms with van der Waals surface area (Å²) < 4.78 is 2.07. The minimum atomic E-state index is 0. The third kappa shape index (κ3) is 5.74. The minimum absolute atomic E-state index is 0. The van der Waals surface area contributed by atoms with E-state index in [2.05, 4.69) is 67.6 Å². The number of hydrogen-bond donors (Lipinski definition) is 2. The lowest BCUT2D eigenvalue weighted by Gasteiger charge is -2.30. The number of aliphatic imine (C=N–C) groups is 1. The maximum absolute atomic E-state index is 4.61. The molecule has 2 aliphatic rings. The van der Waals surface area contributed by atoms with E-state index in [1.165, 1.54) is 31.2 Å². The van der Waals surface area contributed by atoms with Crippen LogP contribution < -0.4 is 10.6 Å². The number of rotatable bonds is 5. The van der Waals surface area contributed by atoms with Gasteiger partial charge in [0.25, 0.3) is 0 Å². The third-order valence-electron chi connectivity index (χ3n) is 6.46. The van der Waals surface area contributed by atoms with Crippen LogP contribution in [0.4, 0.5) is 0 Å². The van der Waals surface area contributed by atoms with Gasteiger partial charge in [-0.2, -0.15) is 5.10 Å². The summed E-state index contributed by atoms with van der Waals surface area (Å²) in [4.78, 5) is 9.06. The predicted molar refractivity (Wildman–Crippen MR) is 133 cm³/mol. The summed E-state index contributed by atoms with van der Waals surface area (Å²) in [6, 6.07) is 11.3. The molecule has 6 nitrogen and oxygen atoms in total. The number of aromatic nitrogens is 3. The van der Waals surface area contributed by atoms with Crippen molar-refractivity contribution in [3.05, 3.63) is 47.5 Å². The number of nitrogens with one attached hydrogen (secondary N) is 2. The summed E-state index contributed by atoms with van der Waals surface area (Å²) in [5, 5.41) is 11.8. The Balaban J connectivity index is 0.00000256. The molecule has 1 unspecified atom stereocenters. The Bertz CT molecular complexity index is 810. The fraction of sp³-hybridized carbons (Fsp3) is 0.609. The molecule has 4 rings (SSSR count). The van der Waals surface area contributed by atoms with Crippen LogP contribution in [0.5, 0.6) is 0 Å². The Morgan fingerprint density at radius 1 is 1.13 bits per heavy atom. The zero-order valence-corrected chi connectivity index (χ0v) is 20.5. The first-order chi connectivity index (χ1) is 14.2. The molecule has 2 aromatic rings. The maximum Gasteiger partial charge on any atom is 0.191 e. The van der Waals surface area contributed by atoms with Crippen molar-refractivity contribution < 1.29 is 0 Å². The SMILES string of the molecule is CCc1nc2n(n1)CC(NC(=NC)NCC1CCC(c3ccccc3)CC1)CC2.I. The second-order valence-electron chi connectivity index (χ2n) is 8.44. The lowest BCUT2D eigenvalue weighted by Crippen LogP contribution is -2.48. The lowest BCUT2D eigenvalue weighted by atomic mass is 9.79. The second kappa shape index (κ2) is 11.1. The fourth-order valence-corrected chi connectivity index (χ4v) is 4.68. The summed E-state index contributed by atoms with van der Waals surface area (Å²) in [6.07, 6.45) is 8.10. The molecule has 2 N–H and O–H groups in total. The van der Waals surface area contributed by atoms with Crippen molar-refractivity contribution in [2.75, 3.05) is 13.6 Å². The standard InChI is InChI=1S/C23H34N6.HI/c1-3-21-27-22-14-13-20(16-29(22)28-21)26-23(24-2)25-15-17-9-11-19(12-10-17)18-7-5-4-6-8-18;/h4-8,17,19-20H,3,9-16H2,1-2H3,(H2,24,25,26);1H. The summed E-state index contributed by atoms with van der Waals surface area (Å²) in [7, 11) is 1.86. The van der Waals surface area contributed by atoms with Gasteiger partial charge in [-0.05, 0) is 49.5 Å². The highest BCUT2D eigenvalue weighted by atomic mass is 127. The summed E-state index contributed by atoms with van der Waals surface area (Å²) >= 11 is 0. The first-order valence-electron chi connectivity index (χ1n) is 11.2. The van der Waals surface area contributed by atoms with Crippen LogP contribution in [0.25, 0.3) is 0 Å². The molecule has 1 fully saturated rings. The molecule has 1 aromatic heterocycles. The van der Waals surface area contributed by atoms with E-state index in [1.54, 1.807) is 0 Å². The zero-order valence-electron chi connectivity index (χ0n) is 18.2. The van der Waals surface area contributed by atoms with Crippen LogP contribution in [0.1, 0.15) is 62.2 Å². The molecule has 2 heterocycles. The summed E-state index contributed by atoms with van der Waals surface area (Å²) in [5.41, 5.74) is 1.51. The van der Waals surface area contributed by atoms with E-state index in [0.29, 0.717) is 6.04 Å². The van der Waals surface area contributed by atoms with Crippen LogP contribution in [0, 0.1) is 5.92 Å². The Hall–Kier alpha value is -1.64. The van der Waals surface area contributed by atoms with Gasteiger partial charge >= 0.3 is 0 Å². The minimum Gasteiger partial charge on any atom is -0.356 e. The van der Waals surface area contributed by atoms with Gasteiger partial charge in [-0.15, -0.1) is 24.0 Å². The summed E-state index contributed by atoms with van der Waals surface area (Å²) in [5.74, 6) is 4.46. The Kier molecular flexibility index (Phi) is 8.53. The first kappa shape index (κ1) is 23.0. The Morgan fingerprint density at radius 2 is 1.90 bits per heavy atom. The molecule has 164 valence electrons. The van der Waals surface area contributed by atoms with Crippen molar-refractivity contribution in [3.8, 4) is 0 Å². The van der Waals surface area contributed by atoms with Crippen molar-refractivity contribution in [2.45, 2.75) is 70.4 Å². The van der Waals surface area contributed by atoms with E-state index < -0.39 is 0 Å². The molecule has 0 radical (unpaired) electrons. The van der Waals surface area contributed by atoms with Crippen molar-refractivity contribution in [3.63, 3.8) is 0 Å². The molecule has 1 saturated carbocycles. The molecule has 0 amide bonds. The van der Waals surface area contributed by atoms with Crippen LogP contribution >= 0.6 is 24.0 Å². The van der Waals surface area contributed by atoms with Crippen LogP contribution in [0.2, 0.25) is 0 Å². The van der Waals surface area contributed by atoms with Crippen LogP contribution in [-0.4, -0.2) is 40.4 Å². The monoisotopic (exact) mass is 522 g/mol. The van der Waals surface area contributed by atoms with Crippen molar-refractivity contribution >= 4 is 29.9 Å². The number of benzene rings is 1. The van der Waals surface area contributed by atoms with E-state index in [4.69, 9.17) is 0 Å². The zero-order chi connectivity index (χ0) is 20.1. The number of aryl methyl sites for hydroxylation is 2. The molecular formula is C23H35IN6. The molecule has 0 bridgehead atoms. The van der Waals surface area contributed by atoms with E-state index in [0.717, 1.165) is 61.8 Å². The normalized spacial score (nSPS) is 23.9. The smallest absolute Gasteiger partial charge is 0.191 e. The molecule has 1 aromatic carbocycles. The molecule has 0 saturated heterocycles. The van der Waals surface area contributed by atoms with Gasteiger partial charge in [-0.3, -0.25) is 4.99 Å². The quantitative estimate of drug-likeness (QED) is 0.355. The topological polar surface area (TPSA) is 67.1 Å². The van der Waals surface area contributed by atoms with Gasteiger partial charge in [0.2, 0.25) is 0 Å². The average Bonchev–Trinajstić information content (AvgIpc) is 3.20. The van der Waals surface area contributed by atoms with Gasteiger partial charge in [-0.1, -0.05) is 37.3 Å². The second-order valence-corrected chi connectivity index (χ2v) is 8.44. The molecule has 7 heteroatoms. The Labute approximate surface area is 197 Å². The third-order valence-corrected chi connectivity index (χ3v) is 6.46. The van der Waals surface area contributed by atoms with Gasteiger partial charge in [0.1, 0.15) is 5.82 Å². The molecular weight excluding hydrogens is 487 g/mol. The molecule has 30 heavy (non-hydrogen) atoms. The number of halogens is 1. The van der Waals surface area contributed by atoms with Gasteiger partial charge in [0, 0.05) is 32.5 Å². The number of nitrogens with zero attached hydrogens (tertiary/aromatic N) is 4. The highest BCUT2D eigenvalue weighted by molar-refractivity contribution is 14.0. The fourth-order valence-electron chi connectivity index (χ4n) is 4.68. The van der Waals surface area contributed by atoms with Gasteiger partial charge in [-0.25, -0.2) is 9.67 Å². The van der Waals surface area contributed by atoms with E-state index in [1.807, 2.05) is 7.05 Å². The maximum atomic E-state index is 4.61. The van der Waals surface area contributed by atoms with Crippen molar-refractivity contribution in [1.29, 1.82) is 0 Å². The van der Waals surface area contributed by atoms with Crippen molar-refractivity contribution in [1.82, 2.24) is 25.4 Å². The molecule has 1 aliphatic heterocycles. The van der Waals surface area contributed by atoms with Crippen molar-refractivity contribution in [2.24, 2.45) is 10.9 Å². The van der Waals surface area contributed by atoms with Crippen LogP contribution in [0.15, 0.2) is 35.3 Å². The number of fused-ring (bicyclic) bond motifs is 1. The number of guanidine groups is 1. The lowest BCUT2D eigenvalue weighted by molar-refractivity contribution is 0.323. The predicted octanol–water partition coefficient (Wildman–Crippen LogP) is 3.91. The number of hydrogen-bond acceptors (Lipinski definition) is 3. The largest absolute Gasteiger partial charge is 0.356 e. The first-order valence-corrected chi connectivity index (χ1v) is 11.2. The van der Waals surface area contributed by atoms with Gasteiger partial charge in [0.15, 0.2) is 11.8 Å². The van der Waals surface area contributed by atoms with Crippen LogP contribution in [-0.2, 0) is 19.4 Å². The molecule has 1 atom stereocenters. The highest BCUT2D eigenvalue weighted by Crippen LogP contribution is 2.35. The van der Waals surface area contributed by atoms with Gasteiger partial charge < -0.3 is 10.6 Å². The molecule has 1 aliphatic carbocycles. The van der Waals surface area contributed by atoms with Gasteiger partial charge in [0.05, 0.1) is 6.54 Å². The summed E-state index contributed by atoms with van der Waals surface area (Å²) in [6.45, 7) is 3.98. The highest BCUT2D eigenvalue weighted by Gasteiger charge is 2.24. The van der Waals surface area contributed by atoms with E-state index >= 15 is 0 Å². The van der Waals surface area contributed by atoms with E-state index in [9.17, 15) is 0 Å². The Morgan fingerprint density at radius 3 is 2.60 bits per heavy atom. The molecule has 0 spiro atoms.